The maximum absolute atomic E-state index is 10.3. The van der Waals surface area contributed by atoms with Crippen molar-refractivity contribution in [1.82, 2.24) is 5.32 Å². The zero-order chi connectivity index (χ0) is 8.69. The van der Waals surface area contributed by atoms with E-state index in [1.807, 2.05) is 0 Å². The number of nitrogens with one attached hydrogen (secondary N) is 1. The zero-order valence-electron chi connectivity index (χ0n) is 6.12. The standard InChI is InChI=1S/C6H9NO4/c1-3-5(8)11-4-7-6(9)10-2/h3H,1,4H2,2H3,(H,7,9). The molecule has 0 aromatic heterocycles. The molecule has 0 fully saturated rings. The highest BCUT2D eigenvalue weighted by Crippen LogP contribution is 1.76. The van der Waals surface area contributed by atoms with E-state index in [9.17, 15) is 9.59 Å². The van der Waals surface area contributed by atoms with E-state index in [0.29, 0.717) is 0 Å². The molecule has 62 valence electrons. The van der Waals surface area contributed by atoms with Crippen molar-refractivity contribution in [2.45, 2.75) is 0 Å². The van der Waals surface area contributed by atoms with Crippen LogP contribution in [0.1, 0.15) is 0 Å². The average Bonchev–Trinajstić information content (AvgIpc) is 2.04. The zero-order valence-corrected chi connectivity index (χ0v) is 6.12. The molecule has 11 heavy (non-hydrogen) atoms. The fraction of sp³-hybridized carbons (Fsp3) is 0.333. The van der Waals surface area contributed by atoms with Gasteiger partial charge < -0.3 is 9.47 Å². The summed E-state index contributed by atoms with van der Waals surface area (Å²) in [7, 11) is 1.21. The fourth-order valence-corrected chi connectivity index (χ4v) is 0.297. The molecule has 0 atom stereocenters. The van der Waals surface area contributed by atoms with Crippen molar-refractivity contribution in [3.8, 4) is 0 Å². The minimum absolute atomic E-state index is 0.211. The van der Waals surface area contributed by atoms with Gasteiger partial charge in [-0.15, -0.1) is 0 Å². The van der Waals surface area contributed by atoms with E-state index >= 15 is 0 Å². The molecule has 1 amide bonds. The summed E-state index contributed by atoms with van der Waals surface area (Å²) in [5.74, 6) is -0.596. The monoisotopic (exact) mass is 159 g/mol. The summed E-state index contributed by atoms with van der Waals surface area (Å²) in [6, 6.07) is 0. The molecular formula is C6H9NO4. The van der Waals surface area contributed by atoms with Crippen LogP contribution in [0.25, 0.3) is 0 Å². The summed E-state index contributed by atoms with van der Waals surface area (Å²) in [6.07, 6.45) is 0.348. The lowest BCUT2D eigenvalue weighted by atomic mass is 10.7. The van der Waals surface area contributed by atoms with Crippen LogP contribution in [0.2, 0.25) is 0 Å². The van der Waals surface area contributed by atoms with E-state index in [4.69, 9.17) is 0 Å². The van der Waals surface area contributed by atoms with Crippen LogP contribution in [0.15, 0.2) is 12.7 Å². The van der Waals surface area contributed by atoms with E-state index in [1.54, 1.807) is 0 Å². The molecule has 0 unspecified atom stereocenters. The maximum atomic E-state index is 10.3. The molecule has 0 radical (unpaired) electrons. The van der Waals surface area contributed by atoms with Crippen molar-refractivity contribution in [1.29, 1.82) is 0 Å². The summed E-state index contributed by atoms with van der Waals surface area (Å²) in [4.78, 5) is 20.7. The summed E-state index contributed by atoms with van der Waals surface area (Å²) < 4.78 is 8.59. The van der Waals surface area contributed by atoms with Crippen molar-refractivity contribution in [2.75, 3.05) is 13.8 Å². The molecular weight excluding hydrogens is 150 g/mol. The Labute approximate surface area is 64.0 Å². The second-order valence-electron chi connectivity index (χ2n) is 1.48. The number of hydrogen-bond acceptors (Lipinski definition) is 4. The van der Waals surface area contributed by atoms with Gasteiger partial charge in [0, 0.05) is 6.08 Å². The van der Waals surface area contributed by atoms with E-state index in [-0.39, 0.29) is 6.73 Å². The summed E-state index contributed by atoms with van der Waals surface area (Å²) in [5.41, 5.74) is 0. The van der Waals surface area contributed by atoms with Crippen LogP contribution in [0, 0.1) is 0 Å². The Hall–Kier alpha value is -1.52. The Morgan fingerprint density at radius 3 is 2.73 bits per heavy atom. The van der Waals surface area contributed by atoms with Gasteiger partial charge in [0.15, 0.2) is 6.73 Å². The smallest absolute Gasteiger partial charge is 0.409 e. The lowest BCUT2D eigenvalue weighted by Gasteiger charge is -2.02. The van der Waals surface area contributed by atoms with Crippen LogP contribution >= 0.6 is 0 Å². The minimum atomic E-state index is -0.651. The third-order valence-corrected chi connectivity index (χ3v) is 0.783. The predicted molar refractivity (Wildman–Crippen MR) is 36.7 cm³/mol. The first-order valence-corrected chi connectivity index (χ1v) is 2.81. The van der Waals surface area contributed by atoms with Gasteiger partial charge in [-0.25, -0.2) is 9.59 Å². The maximum Gasteiger partial charge on any atom is 0.409 e. The third-order valence-electron chi connectivity index (χ3n) is 0.783. The third kappa shape index (κ3) is 4.95. The first-order valence-electron chi connectivity index (χ1n) is 2.81. The van der Waals surface area contributed by atoms with E-state index in [2.05, 4.69) is 21.4 Å². The fourth-order valence-electron chi connectivity index (χ4n) is 0.297. The summed E-state index contributed by atoms with van der Waals surface area (Å²) in [5, 5.41) is 2.15. The second kappa shape index (κ2) is 5.28. The van der Waals surface area contributed by atoms with Gasteiger partial charge in [-0.3, -0.25) is 5.32 Å². The van der Waals surface area contributed by atoms with Gasteiger partial charge >= 0.3 is 12.1 Å². The van der Waals surface area contributed by atoms with E-state index in [1.165, 1.54) is 7.11 Å². The van der Waals surface area contributed by atoms with Crippen LogP contribution in [-0.4, -0.2) is 25.9 Å². The highest BCUT2D eigenvalue weighted by atomic mass is 16.6. The van der Waals surface area contributed by atoms with Crippen molar-refractivity contribution in [2.24, 2.45) is 0 Å². The Bertz CT molecular complexity index is 166. The van der Waals surface area contributed by atoms with Gasteiger partial charge in [0.1, 0.15) is 0 Å². The first-order chi connectivity index (χ1) is 5.20. The Morgan fingerprint density at radius 2 is 2.27 bits per heavy atom. The van der Waals surface area contributed by atoms with Gasteiger partial charge in [-0.1, -0.05) is 6.58 Å². The summed E-state index contributed by atoms with van der Waals surface area (Å²) >= 11 is 0. The Balaban J connectivity index is 3.34. The molecule has 5 nitrogen and oxygen atoms in total. The summed E-state index contributed by atoms with van der Waals surface area (Å²) in [6.45, 7) is 2.95. The molecule has 0 aromatic rings. The molecule has 0 aromatic carbocycles. The van der Waals surface area contributed by atoms with Crippen molar-refractivity contribution in [3.63, 3.8) is 0 Å². The largest absolute Gasteiger partial charge is 0.453 e. The highest BCUT2D eigenvalue weighted by Gasteiger charge is 1.98. The lowest BCUT2D eigenvalue weighted by molar-refractivity contribution is -0.138. The van der Waals surface area contributed by atoms with Crippen molar-refractivity contribution >= 4 is 12.1 Å². The lowest BCUT2D eigenvalue weighted by Crippen LogP contribution is -2.26. The number of esters is 1. The first kappa shape index (κ1) is 9.48. The van der Waals surface area contributed by atoms with Crippen LogP contribution in [0.5, 0.6) is 0 Å². The number of hydrogen-bond donors (Lipinski definition) is 1. The van der Waals surface area contributed by atoms with Gasteiger partial charge in [-0.2, -0.15) is 0 Å². The highest BCUT2D eigenvalue weighted by molar-refractivity contribution is 5.81. The molecule has 0 aliphatic heterocycles. The molecule has 5 heteroatoms. The van der Waals surface area contributed by atoms with Gasteiger partial charge in [0.2, 0.25) is 0 Å². The second-order valence-corrected chi connectivity index (χ2v) is 1.48. The molecule has 0 bridgehead atoms. The van der Waals surface area contributed by atoms with Gasteiger partial charge in [-0.05, 0) is 0 Å². The van der Waals surface area contributed by atoms with Gasteiger partial charge in [0.05, 0.1) is 7.11 Å². The molecule has 0 saturated carbocycles. The van der Waals surface area contributed by atoms with Crippen LogP contribution in [-0.2, 0) is 14.3 Å². The quantitative estimate of drug-likeness (QED) is 0.358. The number of ether oxygens (including phenoxy) is 2. The van der Waals surface area contributed by atoms with E-state index < -0.39 is 12.1 Å². The number of carbonyl (C=O) groups excluding carboxylic acids is 2. The molecule has 0 saturated heterocycles. The molecule has 0 aliphatic carbocycles. The number of rotatable bonds is 3. The van der Waals surface area contributed by atoms with Crippen LogP contribution < -0.4 is 5.32 Å². The van der Waals surface area contributed by atoms with Crippen molar-refractivity contribution < 1.29 is 19.1 Å². The Morgan fingerprint density at radius 1 is 1.64 bits per heavy atom. The molecule has 0 aliphatic rings. The number of methoxy groups -OCH3 is 1. The minimum Gasteiger partial charge on any atom is -0.453 e. The van der Waals surface area contributed by atoms with Crippen LogP contribution in [0.4, 0.5) is 4.79 Å². The topological polar surface area (TPSA) is 64.6 Å². The van der Waals surface area contributed by atoms with Crippen molar-refractivity contribution in [3.05, 3.63) is 12.7 Å². The molecule has 0 rings (SSSR count). The number of carbonyl (C=O) groups is 2. The van der Waals surface area contributed by atoms with Gasteiger partial charge in [0.25, 0.3) is 0 Å². The number of amides is 1. The molecule has 0 heterocycles. The number of alkyl carbamates (subject to hydrolysis) is 1. The molecule has 1 N–H and O–H groups in total. The average molecular weight is 159 g/mol. The predicted octanol–water partition coefficient (Wildman–Crippen LogP) is 0.0291. The Kier molecular flexibility index (Phi) is 4.55. The van der Waals surface area contributed by atoms with E-state index in [0.717, 1.165) is 6.08 Å². The SMILES string of the molecule is C=CC(=O)OCNC(=O)OC. The van der Waals surface area contributed by atoms with Crippen LogP contribution in [0.3, 0.4) is 0 Å². The normalized spacial score (nSPS) is 8.09. The molecule has 0 spiro atoms.